The van der Waals surface area contributed by atoms with E-state index in [-0.39, 0.29) is 34.6 Å². The summed E-state index contributed by atoms with van der Waals surface area (Å²) < 4.78 is 30.1. The Balaban J connectivity index is 1.63. The topological polar surface area (TPSA) is 76.0 Å². The number of fused-ring (bicyclic) bond motifs is 1. The Hall–Kier alpha value is -2.32. The second kappa shape index (κ2) is 7.84. The summed E-state index contributed by atoms with van der Waals surface area (Å²) in [5.41, 5.74) is 0.804. The van der Waals surface area contributed by atoms with Gasteiger partial charge in [0, 0.05) is 16.9 Å². The number of thioether (sulfide) groups is 1. The fraction of sp³-hybridized carbons (Fsp3) is 0.333. The highest BCUT2D eigenvalue weighted by atomic mass is 32.2. The van der Waals surface area contributed by atoms with E-state index in [1.165, 1.54) is 11.8 Å². The second-order valence-corrected chi connectivity index (χ2v) is 10.8. The van der Waals surface area contributed by atoms with Crippen LogP contribution in [0.4, 0.5) is 5.69 Å². The predicted octanol–water partition coefficient (Wildman–Crippen LogP) is 3.74. The molecule has 2 fully saturated rings. The Labute approximate surface area is 174 Å². The van der Waals surface area contributed by atoms with E-state index in [0.717, 1.165) is 11.4 Å². The molecule has 2 aliphatic rings. The van der Waals surface area contributed by atoms with E-state index in [9.17, 15) is 13.2 Å². The summed E-state index contributed by atoms with van der Waals surface area (Å²) in [5.74, 6) is 1.19. The normalized spacial score (nSPS) is 24.1. The molecule has 2 aromatic rings. The SMILES string of the molecule is CC(C)C(=O)N=C1S[C@@H]2CS(=O)(=O)C[C@H]2N1c1ccc(Oc2ccccc2)cc1. The molecule has 8 heteroatoms. The van der Waals surface area contributed by atoms with Gasteiger partial charge in [0.2, 0.25) is 0 Å². The van der Waals surface area contributed by atoms with E-state index in [2.05, 4.69) is 4.99 Å². The number of aliphatic imine (C=N–C) groups is 1. The van der Waals surface area contributed by atoms with Crippen molar-refractivity contribution in [3.8, 4) is 11.5 Å². The van der Waals surface area contributed by atoms with Crippen molar-refractivity contribution in [2.75, 3.05) is 16.4 Å². The number of anilines is 1. The van der Waals surface area contributed by atoms with E-state index in [0.29, 0.717) is 10.9 Å². The monoisotopic (exact) mass is 430 g/mol. The molecule has 0 spiro atoms. The fourth-order valence-electron chi connectivity index (χ4n) is 3.39. The Morgan fingerprint density at radius 2 is 1.72 bits per heavy atom. The lowest BCUT2D eigenvalue weighted by molar-refractivity contribution is -0.120. The minimum Gasteiger partial charge on any atom is -0.457 e. The number of carbonyl (C=O) groups is 1. The number of amides is 1. The zero-order valence-corrected chi connectivity index (χ0v) is 17.8. The third-order valence-electron chi connectivity index (χ3n) is 4.86. The maximum Gasteiger partial charge on any atom is 0.250 e. The van der Waals surface area contributed by atoms with Gasteiger partial charge in [-0.15, -0.1) is 0 Å². The number of benzene rings is 2. The van der Waals surface area contributed by atoms with Crippen LogP contribution in [-0.2, 0) is 14.6 Å². The second-order valence-electron chi connectivity index (χ2n) is 7.47. The van der Waals surface area contributed by atoms with Crippen molar-refractivity contribution in [2.24, 2.45) is 10.9 Å². The standard InChI is InChI=1S/C21H22N2O4S2/c1-14(2)20(24)22-21-23(18-12-29(25,26)13-19(18)28-21)15-8-10-17(11-9-15)27-16-6-4-3-5-7-16/h3-11,14,18-19H,12-13H2,1-2H3/t18-,19-/m1/s1. The first kappa shape index (κ1) is 20.0. The van der Waals surface area contributed by atoms with Crippen LogP contribution in [0.3, 0.4) is 0 Å². The zero-order valence-electron chi connectivity index (χ0n) is 16.2. The van der Waals surface area contributed by atoms with Crippen LogP contribution in [0.15, 0.2) is 59.6 Å². The van der Waals surface area contributed by atoms with Gasteiger partial charge in [-0.2, -0.15) is 4.99 Å². The molecular weight excluding hydrogens is 408 g/mol. The van der Waals surface area contributed by atoms with Crippen LogP contribution < -0.4 is 9.64 Å². The van der Waals surface area contributed by atoms with Gasteiger partial charge < -0.3 is 9.64 Å². The van der Waals surface area contributed by atoms with Gasteiger partial charge in [0.15, 0.2) is 15.0 Å². The maximum atomic E-state index is 12.2. The third-order valence-corrected chi connectivity index (χ3v) is 8.07. The van der Waals surface area contributed by atoms with Crippen LogP contribution in [0.2, 0.25) is 0 Å². The first-order chi connectivity index (χ1) is 13.8. The molecule has 2 atom stereocenters. The van der Waals surface area contributed by atoms with Crippen molar-refractivity contribution in [2.45, 2.75) is 25.1 Å². The molecule has 0 N–H and O–H groups in total. The summed E-state index contributed by atoms with van der Waals surface area (Å²) in [6.07, 6.45) is 0. The molecule has 2 saturated heterocycles. The number of rotatable bonds is 4. The Bertz CT molecular complexity index is 1030. The number of amidine groups is 1. The van der Waals surface area contributed by atoms with Gasteiger partial charge in [-0.1, -0.05) is 43.8 Å². The van der Waals surface area contributed by atoms with E-state index in [1.54, 1.807) is 13.8 Å². The Kier molecular flexibility index (Phi) is 5.40. The molecule has 0 bridgehead atoms. The molecule has 1 amide bonds. The zero-order chi connectivity index (χ0) is 20.6. The molecule has 2 heterocycles. The van der Waals surface area contributed by atoms with Gasteiger partial charge in [0.05, 0.1) is 17.5 Å². The molecule has 6 nitrogen and oxygen atoms in total. The van der Waals surface area contributed by atoms with Gasteiger partial charge in [-0.05, 0) is 36.4 Å². The molecule has 2 aromatic carbocycles. The van der Waals surface area contributed by atoms with E-state index >= 15 is 0 Å². The number of sulfone groups is 1. The predicted molar refractivity (Wildman–Crippen MR) is 117 cm³/mol. The lowest BCUT2D eigenvalue weighted by atomic mass is 10.2. The van der Waals surface area contributed by atoms with Crippen molar-refractivity contribution in [1.29, 1.82) is 0 Å². The molecule has 0 radical (unpaired) electrons. The number of para-hydroxylation sites is 1. The van der Waals surface area contributed by atoms with Crippen molar-refractivity contribution in [3.63, 3.8) is 0 Å². The van der Waals surface area contributed by atoms with E-state index in [4.69, 9.17) is 4.74 Å². The van der Waals surface area contributed by atoms with Gasteiger partial charge in [-0.25, -0.2) is 8.42 Å². The van der Waals surface area contributed by atoms with Gasteiger partial charge in [0.1, 0.15) is 11.5 Å². The highest BCUT2D eigenvalue weighted by molar-refractivity contribution is 8.16. The fourth-order valence-corrected chi connectivity index (χ4v) is 7.31. The van der Waals surface area contributed by atoms with Gasteiger partial charge >= 0.3 is 0 Å². The number of hydrogen-bond donors (Lipinski definition) is 0. The average molecular weight is 431 g/mol. The molecule has 29 heavy (non-hydrogen) atoms. The largest absolute Gasteiger partial charge is 0.457 e. The summed E-state index contributed by atoms with van der Waals surface area (Å²) in [4.78, 5) is 18.4. The Morgan fingerprint density at radius 3 is 2.38 bits per heavy atom. The summed E-state index contributed by atoms with van der Waals surface area (Å²) in [5, 5.41) is 0.462. The molecule has 0 aromatic heterocycles. The lowest BCUT2D eigenvalue weighted by Gasteiger charge is -2.24. The summed E-state index contributed by atoms with van der Waals surface area (Å²) in [7, 11) is -3.09. The van der Waals surface area contributed by atoms with Crippen LogP contribution in [-0.4, -0.2) is 42.3 Å². The van der Waals surface area contributed by atoms with Gasteiger partial charge in [-0.3, -0.25) is 4.79 Å². The van der Waals surface area contributed by atoms with Crippen LogP contribution >= 0.6 is 11.8 Å². The first-order valence-corrected chi connectivity index (χ1v) is 12.1. The molecule has 2 aliphatic heterocycles. The van der Waals surface area contributed by atoms with Crippen molar-refractivity contribution >= 4 is 38.4 Å². The molecule has 0 unspecified atom stereocenters. The first-order valence-electron chi connectivity index (χ1n) is 9.44. The molecule has 0 saturated carbocycles. The van der Waals surface area contributed by atoms with E-state index < -0.39 is 9.84 Å². The molecule has 152 valence electrons. The van der Waals surface area contributed by atoms with Crippen LogP contribution in [0, 0.1) is 5.92 Å². The third kappa shape index (κ3) is 4.33. The number of nitrogens with zero attached hydrogens (tertiary/aromatic N) is 2. The van der Waals surface area contributed by atoms with Crippen LogP contribution in [0.1, 0.15) is 13.8 Å². The quantitative estimate of drug-likeness (QED) is 0.736. The average Bonchev–Trinajstić information content (AvgIpc) is 3.14. The minimum absolute atomic E-state index is 0.0713. The van der Waals surface area contributed by atoms with Crippen LogP contribution in [0.5, 0.6) is 11.5 Å². The number of ether oxygens (including phenoxy) is 1. The number of hydrogen-bond acceptors (Lipinski definition) is 5. The van der Waals surface area contributed by atoms with Crippen LogP contribution in [0.25, 0.3) is 0 Å². The smallest absolute Gasteiger partial charge is 0.250 e. The molecule has 4 rings (SSSR count). The van der Waals surface area contributed by atoms with E-state index in [1.807, 2.05) is 59.5 Å². The minimum atomic E-state index is -3.09. The lowest BCUT2D eigenvalue weighted by Crippen LogP contribution is -2.37. The van der Waals surface area contributed by atoms with Gasteiger partial charge in [0.25, 0.3) is 5.91 Å². The van der Waals surface area contributed by atoms with Crippen molar-refractivity contribution in [3.05, 3.63) is 54.6 Å². The summed E-state index contributed by atoms with van der Waals surface area (Å²) in [6.45, 7) is 3.61. The maximum absolute atomic E-state index is 12.2. The Morgan fingerprint density at radius 1 is 1.07 bits per heavy atom. The highest BCUT2D eigenvalue weighted by Crippen LogP contribution is 2.41. The molecule has 0 aliphatic carbocycles. The van der Waals surface area contributed by atoms with Crippen molar-refractivity contribution in [1.82, 2.24) is 0 Å². The summed E-state index contributed by atoms with van der Waals surface area (Å²) in [6, 6.07) is 16.7. The highest BCUT2D eigenvalue weighted by Gasteiger charge is 2.49. The van der Waals surface area contributed by atoms with Crippen molar-refractivity contribution < 1.29 is 17.9 Å². The molecular formula is C21H22N2O4S2. The summed E-state index contributed by atoms with van der Waals surface area (Å²) >= 11 is 1.38. The number of carbonyl (C=O) groups excluding carboxylic acids is 1.